The van der Waals surface area contributed by atoms with Crippen LogP contribution in [0.4, 0.5) is 0 Å². The van der Waals surface area contributed by atoms with Crippen molar-refractivity contribution in [2.24, 2.45) is 0 Å². The first-order chi connectivity index (χ1) is 16.0. The fourth-order valence-corrected chi connectivity index (χ4v) is 4.91. The molecule has 0 amide bonds. The van der Waals surface area contributed by atoms with E-state index in [0.29, 0.717) is 5.75 Å². The van der Waals surface area contributed by atoms with Gasteiger partial charge < -0.3 is 14.4 Å². The van der Waals surface area contributed by atoms with Gasteiger partial charge in [-0.2, -0.15) is 0 Å². The molecule has 3 aromatic rings. The van der Waals surface area contributed by atoms with Gasteiger partial charge in [0.05, 0.1) is 11.2 Å². The molecule has 1 N–H and O–H groups in total. The second-order valence-corrected chi connectivity index (χ2v) is 13.2. The van der Waals surface area contributed by atoms with E-state index >= 15 is 0 Å². The van der Waals surface area contributed by atoms with Crippen LogP contribution in [0, 0.1) is 0 Å². The zero-order chi connectivity index (χ0) is 26.0. The Morgan fingerprint density at radius 1 is 0.686 bits per heavy atom. The van der Waals surface area contributed by atoms with Crippen molar-refractivity contribution in [2.75, 3.05) is 0 Å². The quantitative estimate of drug-likeness (QED) is 0.394. The van der Waals surface area contributed by atoms with Gasteiger partial charge in [0.25, 0.3) is 0 Å². The third kappa shape index (κ3) is 4.75. The molecule has 4 heteroatoms. The summed E-state index contributed by atoms with van der Waals surface area (Å²) in [6.07, 6.45) is 0. The lowest BCUT2D eigenvalue weighted by molar-refractivity contribution is 0.00578. The number of hydrogen-bond donors (Lipinski definition) is 1. The highest BCUT2D eigenvalue weighted by Crippen LogP contribution is 2.46. The van der Waals surface area contributed by atoms with Crippen LogP contribution >= 0.6 is 0 Å². The highest BCUT2D eigenvalue weighted by atomic mass is 16.7. The van der Waals surface area contributed by atoms with E-state index in [4.69, 9.17) is 9.31 Å². The largest absolute Gasteiger partial charge is 0.507 e. The Bertz CT molecular complexity index is 1190. The molecule has 1 saturated heterocycles. The Kier molecular flexibility index (Phi) is 6.18. The third-order valence-corrected chi connectivity index (χ3v) is 7.78. The molecule has 0 aliphatic carbocycles. The molecule has 1 atom stereocenters. The molecular formula is C31H41BO3. The number of hydrogen-bond acceptors (Lipinski definition) is 3. The summed E-state index contributed by atoms with van der Waals surface area (Å²) in [5, 5.41) is 13.7. The first-order valence-electron chi connectivity index (χ1n) is 12.7. The smallest absolute Gasteiger partial charge is 0.470 e. The van der Waals surface area contributed by atoms with Crippen molar-refractivity contribution in [3.63, 3.8) is 0 Å². The van der Waals surface area contributed by atoms with Gasteiger partial charge in [-0.15, -0.1) is 0 Å². The van der Waals surface area contributed by atoms with E-state index in [0.717, 1.165) is 22.3 Å². The van der Waals surface area contributed by atoms with E-state index in [-0.39, 0.29) is 16.6 Å². The SMILES string of the molecule is CC(C)(C)c1cc(C(B2OC(C)(C)C(C)(C)O2)c2ccc3ccccc3c2)cc(C(C)(C)C)c1O. The van der Waals surface area contributed by atoms with Crippen molar-refractivity contribution in [1.82, 2.24) is 0 Å². The second kappa shape index (κ2) is 8.39. The van der Waals surface area contributed by atoms with E-state index in [1.165, 1.54) is 10.8 Å². The Balaban J connectivity index is 1.98. The number of aromatic hydroxyl groups is 1. The molecule has 1 heterocycles. The van der Waals surface area contributed by atoms with Crippen LogP contribution in [-0.4, -0.2) is 23.4 Å². The molecule has 1 unspecified atom stereocenters. The molecule has 4 rings (SSSR count). The molecule has 0 aromatic heterocycles. The fraction of sp³-hybridized carbons (Fsp3) is 0.484. The summed E-state index contributed by atoms with van der Waals surface area (Å²) >= 11 is 0. The first-order valence-corrected chi connectivity index (χ1v) is 12.7. The molecule has 186 valence electrons. The third-order valence-electron chi connectivity index (χ3n) is 7.78. The monoisotopic (exact) mass is 472 g/mol. The molecular weight excluding hydrogens is 431 g/mol. The number of phenols is 1. The molecule has 1 aliphatic rings. The van der Waals surface area contributed by atoms with Gasteiger partial charge in [0.1, 0.15) is 5.75 Å². The van der Waals surface area contributed by atoms with Crippen molar-refractivity contribution in [3.8, 4) is 5.75 Å². The summed E-state index contributed by atoms with van der Waals surface area (Å²) in [6.45, 7) is 21.3. The molecule has 35 heavy (non-hydrogen) atoms. The Hall–Kier alpha value is -2.30. The lowest BCUT2D eigenvalue weighted by atomic mass is 9.62. The van der Waals surface area contributed by atoms with Gasteiger partial charge in [-0.3, -0.25) is 0 Å². The maximum Gasteiger partial charge on any atom is 0.470 e. The molecule has 3 nitrogen and oxygen atoms in total. The van der Waals surface area contributed by atoms with E-state index in [9.17, 15) is 5.11 Å². The van der Waals surface area contributed by atoms with Crippen LogP contribution in [0.25, 0.3) is 10.8 Å². The van der Waals surface area contributed by atoms with Gasteiger partial charge >= 0.3 is 7.12 Å². The van der Waals surface area contributed by atoms with Crippen LogP contribution in [0.3, 0.4) is 0 Å². The van der Waals surface area contributed by atoms with Crippen molar-refractivity contribution in [2.45, 2.75) is 97.1 Å². The van der Waals surface area contributed by atoms with Crippen LogP contribution in [-0.2, 0) is 20.1 Å². The highest BCUT2D eigenvalue weighted by molar-refractivity contribution is 6.48. The minimum absolute atomic E-state index is 0.150. The van der Waals surface area contributed by atoms with Gasteiger partial charge in [0.15, 0.2) is 0 Å². The minimum Gasteiger partial charge on any atom is -0.507 e. The molecule has 3 aromatic carbocycles. The maximum atomic E-state index is 11.3. The van der Waals surface area contributed by atoms with Crippen LogP contribution in [0.15, 0.2) is 54.6 Å². The van der Waals surface area contributed by atoms with E-state index in [2.05, 4.69) is 124 Å². The lowest BCUT2D eigenvalue weighted by Crippen LogP contribution is -2.41. The standard InChI is InChI=1S/C31H41BO3/c1-28(2,3)24-18-23(19-25(27(24)33)29(4,5)6)26(32-34-30(7,8)31(9,10)35-32)22-16-15-20-13-11-12-14-21(20)17-22/h11-19,26,33H,1-10H3. The number of benzene rings is 3. The summed E-state index contributed by atoms with van der Waals surface area (Å²) in [5.74, 6) is 0.239. The summed E-state index contributed by atoms with van der Waals surface area (Å²) in [7, 11) is -0.452. The number of phenolic OH excluding ortho intramolecular Hbond substituents is 1. The number of fused-ring (bicyclic) bond motifs is 1. The number of rotatable bonds is 3. The summed E-state index contributed by atoms with van der Waals surface area (Å²) < 4.78 is 13.3. The van der Waals surface area contributed by atoms with Gasteiger partial charge in [0.2, 0.25) is 0 Å². The lowest BCUT2D eigenvalue weighted by Gasteiger charge is -2.32. The minimum atomic E-state index is -0.452. The zero-order valence-corrected chi connectivity index (χ0v) is 23.1. The Morgan fingerprint density at radius 2 is 1.17 bits per heavy atom. The Morgan fingerprint density at radius 3 is 1.66 bits per heavy atom. The topological polar surface area (TPSA) is 38.7 Å². The average Bonchev–Trinajstić information content (AvgIpc) is 2.94. The Labute approximate surface area is 212 Å². The van der Waals surface area contributed by atoms with Gasteiger partial charge in [-0.05, 0) is 71.6 Å². The van der Waals surface area contributed by atoms with Crippen molar-refractivity contribution < 1.29 is 14.4 Å². The molecule has 1 fully saturated rings. The van der Waals surface area contributed by atoms with Crippen molar-refractivity contribution in [1.29, 1.82) is 0 Å². The average molecular weight is 472 g/mol. The van der Waals surface area contributed by atoms with Crippen LogP contribution in [0.1, 0.15) is 97.3 Å². The van der Waals surface area contributed by atoms with Crippen LogP contribution in [0.2, 0.25) is 0 Å². The van der Waals surface area contributed by atoms with Crippen molar-refractivity contribution >= 4 is 17.9 Å². The van der Waals surface area contributed by atoms with Crippen LogP contribution < -0.4 is 0 Å². The summed E-state index contributed by atoms with van der Waals surface area (Å²) in [6, 6.07) is 19.4. The fourth-order valence-electron chi connectivity index (χ4n) is 4.91. The predicted octanol–water partition coefficient (Wildman–Crippen LogP) is 7.90. The van der Waals surface area contributed by atoms with E-state index < -0.39 is 18.3 Å². The molecule has 1 aliphatic heterocycles. The normalized spacial score (nSPS) is 18.7. The maximum absolute atomic E-state index is 11.3. The predicted molar refractivity (Wildman–Crippen MR) is 147 cm³/mol. The highest BCUT2D eigenvalue weighted by Gasteiger charge is 2.54. The van der Waals surface area contributed by atoms with Gasteiger partial charge in [0, 0.05) is 5.82 Å². The molecule has 0 spiro atoms. The summed E-state index contributed by atoms with van der Waals surface area (Å²) in [5.41, 5.74) is 2.82. The molecule has 0 bridgehead atoms. The summed E-state index contributed by atoms with van der Waals surface area (Å²) in [4.78, 5) is 0. The molecule has 0 saturated carbocycles. The van der Waals surface area contributed by atoms with Crippen LogP contribution in [0.5, 0.6) is 5.75 Å². The van der Waals surface area contributed by atoms with E-state index in [1.54, 1.807) is 0 Å². The van der Waals surface area contributed by atoms with Crippen molar-refractivity contribution in [3.05, 3.63) is 76.9 Å². The second-order valence-electron chi connectivity index (χ2n) is 13.2. The van der Waals surface area contributed by atoms with Gasteiger partial charge in [-0.25, -0.2) is 0 Å². The van der Waals surface area contributed by atoms with Gasteiger partial charge in [-0.1, -0.05) is 96.1 Å². The molecule has 0 radical (unpaired) electrons. The zero-order valence-electron chi connectivity index (χ0n) is 23.1. The van der Waals surface area contributed by atoms with E-state index in [1.807, 2.05) is 0 Å². The first kappa shape index (κ1) is 25.8.